The quantitative estimate of drug-likeness (QED) is 0.728. The molecule has 0 atom stereocenters. The number of aromatic nitrogens is 3. The van der Waals surface area contributed by atoms with Crippen LogP contribution in [0.2, 0.25) is 0 Å². The van der Waals surface area contributed by atoms with Crippen molar-refractivity contribution < 1.29 is 4.79 Å². The van der Waals surface area contributed by atoms with E-state index in [1.54, 1.807) is 7.05 Å². The average molecular weight is 223 g/mol. The fraction of sp³-hybridized carbons (Fsp3) is 0.700. The maximum atomic E-state index is 11.8. The lowest BCUT2D eigenvalue weighted by atomic mass is 9.92. The molecule has 2 rings (SSSR count). The molecule has 16 heavy (non-hydrogen) atoms. The number of rotatable bonds is 2. The lowest BCUT2D eigenvalue weighted by Crippen LogP contribution is -2.41. The Bertz CT molecular complexity index is 367. The topological polar surface area (TPSA) is 85.8 Å². The van der Waals surface area contributed by atoms with Crippen molar-refractivity contribution in [2.45, 2.75) is 37.8 Å². The summed E-state index contributed by atoms with van der Waals surface area (Å²) in [4.78, 5) is 15.7. The van der Waals surface area contributed by atoms with E-state index >= 15 is 0 Å². The molecule has 0 saturated heterocycles. The Morgan fingerprint density at radius 1 is 1.50 bits per heavy atom. The van der Waals surface area contributed by atoms with Crippen molar-refractivity contribution in [2.24, 2.45) is 12.8 Å². The standard InChI is InChI=1S/C10H17N5O/c1-15-9(12-6-13-15)10(16)14-8-4-2-7(11)3-5-8/h6-8H,2-5,11H2,1H3,(H,14,16). The third kappa shape index (κ3) is 2.38. The van der Waals surface area contributed by atoms with Gasteiger partial charge < -0.3 is 11.1 Å². The van der Waals surface area contributed by atoms with Crippen LogP contribution in [0.15, 0.2) is 6.33 Å². The Morgan fingerprint density at radius 2 is 2.19 bits per heavy atom. The zero-order chi connectivity index (χ0) is 11.5. The van der Waals surface area contributed by atoms with Gasteiger partial charge >= 0.3 is 0 Å². The van der Waals surface area contributed by atoms with Crippen LogP contribution in [0.3, 0.4) is 0 Å². The normalized spacial score (nSPS) is 25.4. The molecule has 1 aromatic heterocycles. The number of hydrogen-bond donors (Lipinski definition) is 2. The van der Waals surface area contributed by atoms with E-state index in [0.29, 0.717) is 11.9 Å². The molecule has 0 bridgehead atoms. The van der Waals surface area contributed by atoms with E-state index in [1.165, 1.54) is 11.0 Å². The van der Waals surface area contributed by atoms with Crippen LogP contribution in [0.5, 0.6) is 0 Å². The van der Waals surface area contributed by atoms with Crippen molar-refractivity contribution in [2.75, 3.05) is 0 Å². The minimum Gasteiger partial charge on any atom is -0.347 e. The van der Waals surface area contributed by atoms with E-state index in [2.05, 4.69) is 15.4 Å². The van der Waals surface area contributed by atoms with Gasteiger partial charge in [0.15, 0.2) is 0 Å². The number of nitrogens with zero attached hydrogens (tertiary/aromatic N) is 3. The first-order chi connectivity index (χ1) is 7.66. The molecule has 0 radical (unpaired) electrons. The molecule has 1 saturated carbocycles. The monoisotopic (exact) mass is 223 g/mol. The predicted octanol–water partition coefficient (Wildman–Crippen LogP) is -0.185. The molecule has 6 nitrogen and oxygen atoms in total. The first-order valence-corrected chi connectivity index (χ1v) is 5.57. The molecule has 3 N–H and O–H groups in total. The Kier molecular flexibility index (Phi) is 3.19. The Morgan fingerprint density at radius 3 is 2.75 bits per heavy atom. The van der Waals surface area contributed by atoms with Crippen LogP contribution in [-0.2, 0) is 7.05 Å². The molecular formula is C10H17N5O. The molecule has 1 amide bonds. The Hall–Kier alpha value is -1.43. The first kappa shape index (κ1) is 11.1. The fourth-order valence-electron chi connectivity index (χ4n) is 2.02. The second-order valence-electron chi connectivity index (χ2n) is 4.29. The lowest BCUT2D eigenvalue weighted by molar-refractivity contribution is 0.0911. The van der Waals surface area contributed by atoms with Crippen LogP contribution >= 0.6 is 0 Å². The molecule has 88 valence electrons. The Balaban J connectivity index is 1.91. The highest BCUT2D eigenvalue weighted by Gasteiger charge is 2.22. The van der Waals surface area contributed by atoms with Crippen LogP contribution < -0.4 is 11.1 Å². The maximum Gasteiger partial charge on any atom is 0.289 e. The largest absolute Gasteiger partial charge is 0.347 e. The van der Waals surface area contributed by atoms with Gasteiger partial charge in [-0.05, 0) is 25.7 Å². The van der Waals surface area contributed by atoms with Gasteiger partial charge in [0.05, 0.1) is 0 Å². The highest BCUT2D eigenvalue weighted by atomic mass is 16.2. The predicted molar refractivity (Wildman–Crippen MR) is 58.7 cm³/mol. The summed E-state index contributed by atoms with van der Waals surface area (Å²) in [5.74, 6) is 0.204. The van der Waals surface area contributed by atoms with Crippen LogP contribution in [0.25, 0.3) is 0 Å². The van der Waals surface area contributed by atoms with Gasteiger partial charge in [0.25, 0.3) is 5.91 Å². The molecule has 1 fully saturated rings. The van der Waals surface area contributed by atoms with Crippen LogP contribution in [0, 0.1) is 0 Å². The van der Waals surface area contributed by atoms with Gasteiger partial charge in [0, 0.05) is 19.1 Å². The van der Waals surface area contributed by atoms with Gasteiger partial charge in [-0.15, -0.1) is 0 Å². The molecule has 0 aromatic carbocycles. The molecule has 6 heteroatoms. The number of nitrogens with two attached hydrogens (primary N) is 1. The Labute approximate surface area is 94.2 Å². The molecule has 0 spiro atoms. The summed E-state index contributed by atoms with van der Waals surface area (Å²) in [6, 6.07) is 0.520. The van der Waals surface area contributed by atoms with Crippen molar-refractivity contribution in [3.63, 3.8) is 0 Å². The van der Waals surface area contributed by atoms with Gasteiger partial charge in [-0.25, -0.2) is 9.67 Å². The van der Waals surface area contributed by atoms with Gasteiger partial charge in [-0.2, -0.15) is 5.10 Å². The highest BCUT2D eigenvalue weighted by molar-refractivity contribution is 5.90. The molecular weight excluding hydrogens is 206 g/mol. The summed E-state index contributed by atoms with van der Waals surface area (Å²) >= 11 is 0. The molecule has 0 aliphatic heterocycles. The summed E-state index contributed by atoms with van der Waals surface area (Å²) in [5.41, 5.74) is 5.81. The molecule has 1 aliphatic rings. The van der Waals surface area contributed by atoms with Gasteiger partial charge in [-0.3, -0.25) is 4.79 Å². The van der Waals surface area contributed by atoms with Crippen molar-refractivity contribution in [1.29, 1.82) is 0 Å². The number of aryl methyl sites for hydroxylation is 1. The smallest absolute Gasteiger partial charge is 0.289 e. The first-order valence-electron chi connectivity index (χ1n) is 5.57. The zero-order valence-corrected chi connectivity index (χ0v) is 9.39. The van der Waals surface area contributed by atoms with Crippen molar-refractivity contribution in [3.05, 3.63) is 12.2 Å². The average Bonchev–Trinajstić information content (AvgIpc) is 2.68. The fourth-order valence-corrected chi connectivity index (χ4v) is 2.02. The number of carbonyl (C=O) groups is 1. The van der Waals surface area contributed by atoms with E-state index in [-0.39, 0.29) is 11.9 Å². The summed E-state index contributed by atoms with van der Waals surface area (Å²) in [5, 5.41) is 6.83. The number of hydrogen-bond acceptors (Lipinski definition) is 4. The summed E-state index contributed by atoms with van der Waals surface area (Å²) < 4.78 is 1.48. The summed E-state index contributed by atoms with van der Waals surface area (Å²) in [6.45, 7) is 0. The van der Waals surface area contributed by atoms with E-state index in [4.69, 9.17) is 5.73 Å². The molecule has 0 unspecified atom stereocenters. The third-order valence-corrected chi connectivity index (χ3v) is 3.02. The van der Waals surface area contributed by atoms with Crippen LogP contribution in [0.4, 0.5) is 0 Å². The van der Waals surface area contributed by atoms with Gasteiger partial charge in [0.2, 0.25) is 5.82 Å². The van der Waals surface area contributed by atoms with Crippen LogP contribution in [-0.4, -0.2) is 32.8 Å². The minimum absolute atomic E-state index is 0.152. The van der Waals surface area contributed by atoms with Crippen molar-refractivity contribution in [1.82, 2.24) is 20.1 Å². The maximum absolute atomic E-state index is 11.8. The zero-order valence-electron chi connectivity index (χ0n) is 9.39. The molecule has 1 aliphatic carbocycles. The highest BCUT2D eigenvalue weighted by Crippen LogP contribution is 2.17. The second kappa shape index (κ2) is 4.61. The van der Waals surface area contributed by atoms with E-state index in [9.17, 15) is 4.79 Å². The number of nitrogens with one attached hydrogen (secondary N) is 1. The van der Waals surface area contributed by atoms with Gasteiger partial charge in [0.1, 0.15) is 6.33 Å². The van der Waals surface area contributed by atoms with E-state index in [0.717, 1.165) is 25.7 Å². The molecule has 1 heterocycles. The van der Waals surface area contributed by atoms with E-state index < -0.39 is 0 Å². The number of amides is 1. The van der Waals surface area contributed by atoms with Crippen LogP contribution in [0.1, 0.15) is 36.3 Å². The summed E-state index contributed by atoms with van der Waals surface area (Å²) in [7, 11) is 1.71. The second-order valence-corrected chi connectivity index (χ2v) is 4.29. The SMILES string of the molecule is Cn1ncnc1C(=O)NC1CCC(N)CC1. The molecule has 1 aromatic rings. The minimum atomic E-state index is -0.152. The van der Waals surface area contributed by atoms with Crippen molar-refractivity contribution in [3.8, 4) is 0 Å². The van der Waals surface area contributed by atoms with Crippen molar-refractivity contribution >= 4 is 5.91 Å². The number of carbonyl (C=O) groups excluding carboxylic acids is 1. The summed E-state index contributed by atoms with van der Waals surface area (Å²) in [6.07, 6.45) is 5.23. The lowest BCUT2D eigenvalue weighted by Gasteiger charge is -2.26. The van der Waals surface area contributed by atoms with Gasteiger partial charge in [-0.1, -0.05) is 0 Å². The van der Waals surface area contributed by atoms with E-state index in [1.807, 2.05) is 0 Å². The third-order valence-electron chi connectivity index (χ3n) is 3.02.